The molecule has 0 radical (unpaired) electrons. The van der Waals surface area contributed by atoms with Crippen molar-refractivity contribution in [1.82, 2.24) is 0 Å². The Balaban J connectivity index is 2.58. The van der Waals surface area contributed by atoms with Crippen LogP contribution in [0.4, 0.5) is 0 Å². The Morgan fingerprint density at radius 2 is 2.00 bits per heavy atom. The average Bonchev–Trinajstić information content (AvgIpc) is 2.16. The fourth-order valence-corrected chi connectivity index (χ4v) is 0.918. The Labute approximate surface area is 73.9 Å². The molecular weight excluding hydrogens is 146 g/mol. The van der Waals surface area contributed by atoms with Gasteiger partial charge in [-0.3, -0.25) is 0 Å². The van der Waals surface area contributed by atoms with Gasteiger partial charge < -0.3 is 5.73 Å². The van der Waals surface area contributed by atoms with Gasteiger partial charge in [0, 0.05) is 0 Å². The van der Waals surface area contributed by atoms with E-state index in [0.29, 0.717) is 12.5 Å². The Kier molecular flexibility index (Phi) is 3.55. The largest absolute Gasteiger partial charge is 0.330 e. The third-order valence-electron chi connectivity index (χ3n) is 1.79. The first-order valence-electron chi connectivity index (χ1n) is 4.26. The third-order valence-corrected chi connectivity index (χ3v) is 1.79. The van der Waals surface area contributed by atoms with Crippen molar-refractivity contribution in [3.8, 4) is 0 Å². The zero-order chi connectivity index (χ0) is 8.81. The number of hydrogen-bond donors (Lipinski definition) is 1. The van der Waals surface area contributed by atoms with Crippen LogP contribution < -0.4 is 5.73 Å². The second kappa shape index (κ2) is 4.73. The van der Waals surface area contributed by atoms with E-state index in [1.54, 1.807) is 0 Å². The second-order valence-electron chi connectivity index (χ2n) is 2.98. The molecule has 0 aromatic heterocycles. The molecule has 1 aromatic rings. The molecule has 0 bridgehead atoms. The molecule has 0 amide bonds. The summed E-state index contributed by atoms with van der Waals surface area (Å²) in [7, 11) is 0. The van der Waals surface area contributed by atoms with Gasteiger partial charge in [0.1, 0.15) is 0 Å². The topological polar surface area (TPSA) is 26.0 Å². The van der Waals surface area contributed by atoms with Gasteiger partial charge in [-0.25, -0.2) is 0 Å². The molecule has 1 nitrogen and oxygen atoms in total. The first-order chi connectivity index (χ1) is 5.83. The quantitative estimate of drug-likeness (QED) is 0.723. The van der Waals surface area contributed by atoms with Crippen LogP contribution in [0.15, 0.2) is 36.4 Å². The molecule has 1 unspecified atom stereocenters. The van der Waals surface area contributed by atoms with Gasteiger partial charge in [-0.1, -0.05) is 49.4 Å². The van der Waals surface area contributed by atoms with Gasteiger partial charge in [0.2, 0.25) is 0 Å². The maximum atomic E-state index is 5.48. The Bertz CT molecular complexity index is 238. The number of hydrogen-bond acceptors (Lipinski definition) is 1. The van der Waals surface area contributed by atoms with E-state index >= 15 is 0 Å². The maximum absolute atomic E-state index is 5.48. The van der Waals surface area contributed by atoms with Gasteiger partial charge in [-0.05, 0) is 18.0 Å². The van der Waals surface area contributed by atoms with Crippen LogP contribution in [-0.4, -0.2) is 6.54 Å². The summed E-state index contributed by atoms with van der Waals surface area (Å²) < 4.78 is 0. The highest BCUT2D eigenvalue weighted by Crippen LogP contribution is 2.03. The molecule has 1 heteroatoms. The molecule has 1 atom stereocenters. The van der Waals surface area contributed by atoms with Crippen LogP contribution in [-0.2, 0) is 0 Å². The normalized spacial score (nSPS) is 13.5. The van der Waals surface area contributed by atoms with Crippen molar-refractivity contribution in [3.05, 3.63) is 42.0 Å². The van der Waals surface area contributed by atoms with E-state index in [0.717, 1.165) is 0 Å². The number of benzene rings is 1. The van der Waals surface area contributed by atoms with E-state index < -0.39 is 0 Å². The molecule has 0 heterocycles. The standard InChI is InChI=1S/C11H15N/c1-10(9-12)7-8-11-5-3-2-4-6-11/h2-8,10H,9,12H2,1H3/b8-7+. The van der Waals surface area contributed by atoms with Crippen molar-refractivity contribution in [3.63, 3.8) is 0 Å². The van der Waals surface area contributed by atoms with E-state index in [1.807, 2.05) is 18.2 Å². The van der Waals surface area contributed by atoms with Crippen LogP contribution in [0.25, 0.3) is 6.08 Å². The summed E-state index contributed by atoms with van der Waals surface area (Å²) >= 11 is 0. The summed E-state index contributed by atoms with van der Waals surface area (Å²) in [4.78, 5) is 0. The first kappa shape index (κ1) is 9.01. The van der Waals surface area contributed by atoms with Gasteiger partial charge in [0.15, 0.2) is 0 Å². The zero-order valence-corrected chi connectivity index (χ0v) is 7.40. The Hall–Kier alpha value is -1.08. The number of rotatable bonds is 3. The Morgan fingerprint density at radius 1 is 1.33 bits per heavy atom. The van der Waals surface area contributed by atoms with Gasteiger partial charge in [0.25, 0.3) is 0 Å². The molecule has 0 aliphatic carbocycles. The molecule has 2 N–H and O–H groups in total. The molecule has 0 saturated carbocycles. The van der Waals surface area contributed by atoms with E-state index in [2.05, 4.69) is 31.2 Å². The molecular formula is C11H15N. The summed E-state index contributed by atoms with van der Waals surface area (Å²) in [6.07, 6.45) is 4.24. The second-order valence-corrected chi connectivity index (χ2v) is 2.98. The van der Waals surface area contributed by atoms with Crippen LogP contribution >= 0.6 is 0 Å². The van der Waals surface area contributed by atoms with Crippen LogP contribution in [0.1, 0.15) is 12.5 Å². The molecule has 12 heavy (non-hydrogen) atoms. The fraction of sp³-hybridized carbons (Fsp3) is 0.273. The predicted octanol–water partition coefficient (Wildman–Crippen LogP) is 2.29. The molecule has 0 aliphatic rings. The molecule has 0 aliphatic heterocycles. The van der Waals surface area contributed by atoms with Gasteiger partial charge in [0.05, 0.1) is 0 Å². The molecule has 0 saturated heterocycles. The monoisotopic (exact) mass is 161 g/mol. The van der Waals surface area contributed by atoms with Crippen molar-refractivity contribution < 1.29 is 0 Å². The maximum Gasteiger partial charge on any atom is -0.00167 e. The van der Waals surface area contributed by atoms with Crippen molar-refractivity contribution in [2.45, 2.75) is 6.92 Å². The van der Waals surface area contributed by atoms with Crippen molar-refractivity contribution in [1.29, 1.82) is 0 Å². The third kappa shape index (κ3) is 2.89. The smallest absolute Gasteiger partial charge is 0.00167 e. The summed E-state index contributed by atoms with van der Waals surface area (Å²) in [5.41, 5.74) is 6.72. The molecule has 0 spiro atoms. The lowest BCUT2D eigenvalue weighted by molar-refractivity contribution is 0.743. The minimum Gasteiger partial charge on any atom is -0.330 e. The highest BCUT2D eigenvalue weighted by molar-refractivity contribution is 5.48. The molecule has 0 fully saturated rings. The minimum atomic E-state index is 0.463. The predicted molar refractivity (Wildman–Crippen MR) is 53.7 cm³/mol. The zero-order valence-electron chi connectivity index (χ0n) is 7.40. The lowest BCUT2D eigenvalue weighted by Crippen LogP contribution is -2.07. The summed E-state index contributed by atoms with van der Waals surface area (Å²) in [6, 6.07) is 10.3. The molecule has 1 aromatic carbocycles. The highest BCUT2D eigenvalue weighted by Gasteiger charge is 1.90. The van der Waals surface area contributed by atoms with E-state index in [1.165, 1.54) is 5.56 Å². The van der Waals surface area contributed by atoms with E-state index in [9.17, 15) is 0 Å². The van der Waals surface area contributed by atoms with Crippen molar-refractivity contribution in [2.24, 2.45) is 11.7 Å². The van der Waals surface area contributed by atoms with Crippen LogP contribution in [0.3, 0.4) is 0 Å². The summed E-state index contributed by atoms with van der Waals surface area (Å²) in [6.45, 7) is 2.82. The summed E-state index contributed by atoms with van der Waals surface area (Å²) in [5.74, 6) is 0.463. The fourth-order valence-electron chi connectivity index (χ4n) is 0.918. The SMILES string of the molecule is CC(/C=C/c1ccccc1)CN. The molecule has 1 rings (SSSR count). The van der Waals surface area contributed by atoms with E-state index in [-0.39, 0.29) is 0 Å². The first-order valence-corrected chi connectivity index (χ1v) is 4.26. The summed E-state index contributed by atoms with van der Waals surface area (Å²) in [5, 5.41) is 0. The number of nitrogens with two attached hydrogens (primary N) is 1. The van der Waals surface area contributed by atoms with Crippen LogP contribution in [0.2, 0.25) is 0 Å². The van der Waals surface area contributed by atoms with Gasteiger partial charge >= 0.3 is 0 Å². The van der Waals surface area contributed by atoms with Crippen LogP contribution in [0.5, 0.6) is 0 Å². The van der Waals surface area contributed by atoms with Crippen LogP contribution in [0, 0.1) is 5.92 Å². The van der Waals surface area contributed by atoms with E-state index in [4.69, 9.17) is 5.73 Å². The minimum absolute atomic E-state index is 0.463. The van der Waals surface area contributed by atoms with Gasteiger partial charge in [-0.2, -0.15) is 0 Å². The van der Waals surface area contributed by atoms with Crippen molar-refractivity contribution in [2.75, 3.05) is 6.54 Å². The molecule has 64 valence electrons. The average molecular weight is 161 g/mol. The van der Waals surface area contributed by atoms with Gasteiger partial charge in [-0.15, -0.1) is 0 Å². The highest BCUT2D eigenvalue weighted by atomic mass is 14.5. The van der Waals surface area contributed by atoms with Crippen molar-refractivity contribution >= 4 is 6.08 Å². The lowest BCUT2D eigenvalue weighted by atomic mass is 10.1. The Morgan fingerprint density at radius 3 is 2.58 bits per heavy atom. The lowest BCUT2D eigenvalue weighted by Gasteiger charge is -1.99.